The maximum absolute atomic E-state index is 6.25. The van der Waals surface area contributed by atoms with Crippen molar-refractivity contribution in [3.63, 3.8) is 0 Å². The Hall–Kier alpha value is -4.67. The van der Waals surface area contributed by atoms with E-state index in [9.17, 15) is 0 Å². The van der Waals surface area contributed by atoms with E-state index in [1.165, 1.54) is 10.8 Å². The first-order chi connectivity index (χ1) is 17.9. The molecule has 0 atom stereocenters. The Morgan fingerprint density at radius 2 is 0.838 bits per heavy atom. The second kappa shape index (κ2) is 15.4. The van der Waals surface area contributed by atoms with Crippen LogP contribution in [0, 0.1) is 35.8 Å². The minimum absolute atomic E-state index is 0. The molecule has 6 rings (SSSR count). The predicted octanol–water partition coefficient (Wildman–Crippen LogP) is 7.59. The molecule has 4 aromatic carbocycles. The summed E-state index contributed by atoms with van der Waals surface area (Å²) in [6.07, 6.45) is 0. The summed E-state index contributed by atoms with van der Waals surface area (Å²) in [7, 11) is 0. The number of rotatable bonds is 2. The van der Waals surface area contributed by atoms with Gasteiger partial charge in [0.15, 0.2) is 0 Å². The molecule has 0 fully saturated rings. The van der Waals surface area contributed by atoms with E-state index in [0.717, 1.165) is 33.5 Å². The van der Waals surface area contributed by atoms with Gasteiger partial charge in [-0.25, -0.2) is 0 Å². The summed E-state index contributed by atoms with van der Waals surface area (Å²) in [6.45, 7) is 9.50. The monoisotopic (exact) mass is 653 g/mol. The van der Waals surface area contributed by atoms with Gasteiger partial charge in [-0.15, -0.1) is 71.8 Å². The topological polar surface area (TPSA) is 73.4 Å². The maximum atomic E-state index is 6.25. The third-order valence-corrected chi connectivity index (χ3v) is 5.17. The third kappa shape index (κ3) is 7.66. The standard InChI is InChI=1S/2C15H10N.2CN.Ir/c2*1-2-6-12(7-3-1)15-11-10-13-8-4-5-9-14(13)16-15;2*1-2;/h2*1-6,8-11H;;;/q4*-1;. The van der Waals surface area contributed by atoms with Gasteiger partial charge in [-0.2, -0.15) is 0 Å². The van der Waals surface area contributed by atoms with Crippen molar-refractivity contribution in [1.82, 2.24) is 9.97 Å². The zero-order valence-electron chi connectivity index (χ0n) is 19.7. The smallest absolute Gasteiger partial charge is 0.0595 e. The van der Waals surface area contributed by atoms with Crippen molar-refractivity contribution in [1.29, 1.82) is 10.5 Å². The molecule has 0 saturated heterocycles. The van der Waals surface area contributed by atoms with Crippen molar-refractivity contribution in [3.8, 4) is 22.5 Å². The van der Waals surface area contributed by atoms with Gasteiger partial charge in [-0.3, -0.25) is 9.97 Å². The van der Waals surface area contributed by atoms with Gasteiger partial charge in [0, 0.05) is 20.1 Å². The molecule has 0 unspecified atom stereocenters. The Morgan fingerprint density at radius 1 is 0.459 bits per heavy atom. The van der Waals surface area contributed by atoms with Crippen LogP contribution in [0.25, 0.3) is 44.3 Å². The fraction of sp³-hybridized carbons (Fsp3) is 0. The molecule has 0 aliphatic rings. The van der Waals surface area contributed by atoms with Gasteiger partial charge in [0.1, 0.15) is 0 Å². The molecule has 1 radical (unpaired) electrons. The molecule has 0 N–H and O–H groups in total. The molecule has 2 aromatic heterocycles. The number of pyridine rings is 2. The first-order valence-electron chi connectivity index (χ1n) is 11.0. The molecule has 0 saturated carbocycles. The Balaban J connectivity index is 0.000000224. The van der Waals surface area contributed by atoms with E-state index in [1.807, 2.05) is 97.1 Å². The zero-order chi connectivity index (χ0) is 25.6. The van der Waals surface area contributed by atoms with E-state index in [4.69, 9.17) is 23.7 Å². The quantitative estimate of drug-likeness (QED) is 0.181. The van der Waals surface area contributed by atoms with Gasteiger partial charge in [-0.05, 0) is 34.3 Å². The van der Waals surface area contributed by atoms with Gasteiger partial charge >= 0.3 is 0 Å². The van der Waals surface area contributed by atoms with Crippen LogP contribution in [0.1, 0.15) is 0 Å². The van der Waals surface area contributed by atoms with Gasteiger partial charge in [0.05, 0.1) is 11.0 Å². The van der Waals surface area contributed by atoms with Gasteiger partial charge in [0.25, 0.3) is 0 Å². The molecular formula is C32H20IrN4-4. The molecule has 0 aliphatic heterocycles. The van der Waals surface area contributed by atoms with Crippen LogP contribution in [0.4, 0.5) is 0 Å². The largest absolute Gasteiger partial charge is 0.512 e. The number of aromatic nitrogens is 2. The Kier molecular flexibility index (Phi) is 11.9. The predicted molar refractivity (Wildman–Crippen MR) is 142 cm³/mol. The number of hydrogen-bond donors (Lipinski definition) is 0. The van der Waals surface area contributed by atoms with Crippen LogP contribution < -0.4 is 0 Å². The number of benzene rings is 4. The molecule has 0 spiro atoms. The molecule has 2 heterocycles. The zero-order valence-corrected chi connectivity index (χ0v) is 22.1. The fourth-order valence-corrected chi connectivity index (χ4v) is 3.54. The SMILES string of the molecule is [C-]#N.[C-]#N.[Ir].[c-]1ccccc1-c1ccc2ccccc2n1.[c-]1ccccc1-c1ccc2ccccc2n1. The first-order valence-corrected chi connectivity index (χ1v) is 11.0. The molecule has 181 valence electrons. The van der Waals surface area contributed by atoms with Crippen molar-refractivity contribution in [2.75, 3.05) is 0 Å². The summed E-state index contributed by atoms with van der Waals surface area (Å²) in [6, 6.07) is 46.7. The van der Waals surface area contributed by atoms with Crippen LogP contribution in [-0.4, -0.2) is 9.97 Å². The molecule has 0 bridgehead atoms. The second-order valence-electron chi connectivity index (χ2n) is 7.33. The second-order valence-corrected chi connectivity index (χ2v) is 7.33. The molecule has 0 amide bonds. The van der Waals surface area contributed by atoms with Crippen LogP contribution in [0.5, 0.6) is 0 Å². The maximum Gasteiger partial charge on any atom is 0.0595 e. The van der Waals surface area contributed by atoms with Crippen molar-refractivity contribution in [2.24, 2.45) is 0 Å². The number of nitrogens with zero attached hydrogens (tertiary/aromatic N) is 4. The van der Waals surface area contributed by atoms with E-state index in [0.29, 0.717) is 0 Å². The van der Waals surface area contributed by atoms with Crippen LogP contribution >= 0.6 is 0 Å². The summed E-state index contributed by atoms with van der Waals surface area (Å²) in [5, 5.41) is 14.8. The number of hydrogen-bond acceptors (Lipinski definition) is 4. The average molecular weight is 653 g/mol. The van der Waals surface area contributed by atoms with Crippen molar-refractivity contribution >= 4 is 21.8 Å². The molecule has 37 heavy (non-hydrogen) atoms. The van der Waals surface area contributed by atoms with E-state index in [2.05, 4.69) is 46.4 Å². The van der Waals surface area contributed by atoms with Crippen molar-refractivity contribution < 1.29 is 20.1 Å². The normalized spacial score (nSPS) is 9.19. The van der Waals surface area contributed by atoms with Crippen LogP contribution in [0.2, 0.25) is 0 Å². The van der Waals surface area contributed by atoms with Crippen LogP contribution in [0.3, 0.4) is 0 Å². The number of para-hydroxylation sites is 2. The molecule has 0 aliphatic carbocycles. The van der Waals surface area contributed by atoms with Crippen LogP contribution in [0.15, 0.2) is 121 Å². The summed E-state index contributed by atoms with van der Waals surface area (Å²) in [4.78, 5) is 9.23. The Morgan fingerprint density at radius 3 is 1.22 bits per heavy atom. The summed E-state index contributed by atoms with van der Waals surface area (Å²) < 4.78 is 0. The summed E-state index contributed by atoms with van der Waals surface area (Å²) in [5.41, 5.74) is 6.06. The molecule has 6 aromatic rings. The summed E-state index contributed by atoms with van der Waals surface area (Å²) in [5.74, 6) is 0. The summed E-state index contributed by atoms with van der Waals surface area (Å²) >= 11 is 0. The third-order valence-electron chi connectivity index (χ3n) is 5.17. The molecular weight excluding hydrogens is 633 g/mol. The average Bonchev–Trinajstić information content (AvgIpc) is 3.00. The van der Waals surface area contributed by atoms with E-state index in [-0.39, 0.29) is 20.1 Å². The Bertz CT molecular complexity index is 1440. The van der Waals surface area contributed by atoms with Crippen molar-refractivity contribution in [2.45, 2.75) is 0 Å². The van der Waals surface area contributed by atoms with Gasteiger partial charge < -0.3 is 23.7 Å². The molecule has 4 nitrogen and oxygen atoms in total. The fourth-order valence-electron chi connectivity index (χ4n) is 3.54. The minimum atomic E-state index is 0. The molecule has 5 heteroatoms. The van der Waals surface area contributed by atoms with E-state index in [1.54, 1.807) is 0 Å². The van der Waals surface area contributed by atoms with Gasteiger partial charge in [0.2, 0.25) is 0 Å². The van der Waals surface area contributed by atoms with E-state index >= 15 is 0 Å². The number of fused-ring (bicyclic) bond motifs is 2. The minimum Gasteiger partial charge on any atom is -0.512 e. The van der Waals surface area contributed by atoms with Crippen molar-refractivity contribution in [3.05, 3.63) is 147 Å². The Labute approximate surface area is 230 Å². The van der Waals surface area contributed by atoms with Gasteiger partial charge in [-0.1, -0.05) is 60.7 Å². The van der Waals surface area contributed by atoms with Crippen LogP contribution in [-0.2, 0) is 20.1 Å². The van der Waals surface area contributed by atoms with E-state index < -0.39 is 0 Å². The first kappa shape index (κ1) is 28.6.